The van der Waals surface area contributed by atoms with Crippen LogP contribution < -0.4 is 15.0 Å². The number of ether oxygens (including phenoxy) is 1. The van der Waals surface area contributed by atoms with E-state index < -0.39 is 0 Å². The summed E-state index contributed by atoms with van der Waals surface area (Å²) in [5.41, 5.74) is 4.94. The van der Waals surface area contributed by atoms with Crippen molar-refractivity contribution in [1.82, 2.24) is 15.0 Å². The molecule has 0 radical (unpaired) electrons. The fraction of sp³-hybridized carbons (Fsp3) is 0.250. The summed E-state index contributed by atoms with van der Waals surface area (Å²) < 4.78 is 5.54. The van der Waals surface area contributed by atoms with E-state index in [-0.39, 0.29) is 25.7 Å². The maximum Gasteiger partial charge on any atom is 0.265 e. The summed E-state index contributed by atoms with van der Waals surface area (Å²) in [6.07, 6.45) is 1.75. The Balaban J connectivity index is 1.84. The molecule has 3 aromatic rings. The van der Waals surface area contributed by atoms with E-state index in [1.54, 1.807) is 18.1 Å². The molecule has 0 atom stereocenters. The summed E-state index contributed by atoms with van der Waals surface area (Å²) in [7, 11) is 1.80. The summed E-state index contributed by atoms with van der Waals surface area (Å²) in [5, 5.41) is 12.4. The second-order valence-corrected chi connectivity index (χ2v) is 6.49. The third-order valence-corrected chi connectivity index (χ3v) is 4.62. The highest BCUT2D eigenvalue weighted by molar-refractivity contribution is 5.99. The fourth-order valence-electron chi connectivity index (χ4n) is 3.31. The molecule has 0 bridgehead atoms. The SMILES string of the molecule is CNc1nc(-c2ccnc(C)c2)c(-c2ccc3c(c2)N(CCO)C(=O)CO3)[nH]1. The highest BCUT2D eigenvalue weighted by Gasteiger charge is 2.26. The van der Waals surface area contributed by atoms with Gasteiger partial charge in [0.2, 0.25) is 5.95 Å². The van der Waals surface area contributed by atoms with E-state index in [9.17, 15) is 9.90 Å². The van der Waals surface area contributed by atoms with Crippen LogP contribution in [0.3, 0.4) is 0 Å². The number of benzene rings is 1. The summed E-state index contributed by atoms with van der Waals surface area (Å²) in [6.45, 7) is 2.01. The highest BCUT2D eigenvalue weighted by Crippen LogP contribution is 2.38. The number of β-amino-alcohol motifs (C(OH)–C–C–N with tert-alkyl or cyclic N) is 1. The number of hydrogen-bond acceptors (Lipinski definition) is 6. The zero-order valence-electron chi connectivity index (χ0n) is 15.7. The molecule has 8 heteroatoms. The number of carbonyl (C=O) groups excluding carboxylic acids is 1. The summed E-state index contributed by atoms with van der Waals surface area (Å²) in [4.78, 5) is 26.0. The van der Waals surface area contributed by atoms with Gasteiger partial charge in [-0.05, 0) is 37.3 Å². The maximum atomic E-state index is 12.2. The molecule has 0 saturated carbocycles. The number of carbonyl (C=O) groups is 1. The molecule has 8 nitrogen and oxygen atoms in total. The third kappa shape index (κ3) is 3.18. The number of nitrogens with one attached hydrogen (secondary N) is 2. The van der Waals surface area contributed by atoms with Crippen LogP contribution in [0.1, 0.15) is 5.69 Å². The van der Waals surface area contributed by atoms with Crippen LogP contribution in [0.15, 0.2) is 36.5 Å². The van der Waals surface area contributed by atoms with Gasteiger partial charge in [-0.1, -0.05) is 0 Å². The quantitative estimate of drug-likeness (QED) is 0.628. The first-order valence-electron chi connectivity index (χ1n) is 9.00. The Bertz CT molecular complexity index is 1030. The normalized spacial score (nSPS) is 13.2. The largest absolute Gasteiger partial charge is 0.482 e. The van der Waals surface area contributed by atoms with Crippen molar-refractivity contribution in [2.24, 2.45) is 0 Å². The van der Waals surface area contributed by atoms with Gasteiger partial charge in [-0.25, -0.2) is 4.98 Å². The van der Waals surface area contributed by atoms with Crippen LogP contribution in [0.5, 0.6) is 5.75 Å². The summed E-state index contributed by atoms with van der Waals surface area (Å²) in [5.74, 6) is 1.08. The number of H-pyrrole nitrogens is 1. The lowest BCUT2D eigenvalue weighted by atomic mass is 10.0. The smallest absolute Gasteiger partial charge is 0.265 e. The molecule has 0 saturated heterocycles. The Morgan fingerprint density at radius 2 is 2.14 bits per heavy atom. The van der Waals surface area contributed by atoms with E-state index >= 15 is 0 Å². The lowest BCUT2D eigenvalue weighted by Crippen LogP contribution is -2.40. The summed E-state index contributed by atoms with van der Waals surface area (Å²) in [6, 6.07) is 9.53. The molecule has 0 fully saturated rings. The number of aromatic nitrogens is 3. The Labute approximate surface area is 162 Å². The molecule has 28 heavy (non-hydrogen) atoms. The summed E-state index contributed by atoms with van der Waals surface area (Å²) >= 11 is 0. The second kappa shape index (κ2) is 7.32. The van der Waals surface area contributed by atoms with Crippen LogP contribution in [-0.2, 0) is 4.79 Å². The number of aliphatic hydroxyl groups excluding tert-OH is 1. The first-order chi connectivity index (χ1) is 13.6. The fourth-order valence-corrected chi connectivity index (χ4v) is 3.31. The first-order valence-corrected chi connectivity index (χ1v) is 9.00. The molecule has 1 aromatic carbocycles. The Morgan fingerprint density at radius 3 is 2.89 bits per heavy atom. The number of rotatable bonds is 5. The predicted octanol–water partition coefficient (Wildman–Crippen LogP) is 2.21. The molecule has 4 rings (SSSR count). The molecule has 3 N–H and O–H groups in total. The molecule has 0 spiro atoms. The van der Waals surface area contributed by atoms with E-state index in [1.165, 1.54) is 0 Å². The van der Waals surface area contributed by atoms with Crippen LogP contribution in [0.25, 0.3) is 22.5 Å². The molecule has 1 amide bonds. The number of fused-ring (bicyclic) bond motifs is 1. The zero-order chi connectivity index (χ0) is 19.7. The van der Waals surface area contributed by atoms with Crippen LogP contribution >= 0.6 is 0 Å². The minimum absolute atomic E-state index is 0.0259. The van der Waals surface area contributed by atoms with Gasteiger partial charge in [0.15, 0.2) is 6.61 Å². The van der Waals surface area contributed by atoms with E-state index in [0.717, 1.165) is 28.2 Å². The zero-order valence-corrected chi connectivity index (χ0v) is 15.7. The molecular formula is C20H21N5O3. The van der Waals surface area contributed by atoms with E-state index in [4.69, 9.17) is 4.74 Å². The minimum atomic E-state index is -0.177. The van der Waals surface area contributed by atoms with Crippen molar-refractivity contribution in [1.29, 1.82) is 0 Å². The van der Waals surface area contributed by atoms with Gasteiger partial charge < -0.3 is 25.0 Å². The van der Waals surface area contributed by atoms with Gasteiger partial charge in [0, 0.05) is 36.6 Å². The van der Waals surface area contributed by atoms with Crippen molar-refractivity contribution >= 4 is 17.5 Å². The van der Waals surface area contributed by atoms with Crippen LogP contribution in [0.2, 0.25) is 0 Å². The monoisotopic (exact) mass is 379 g/mol. The lowest BCUT2D eigenvalue weighted by molar-refractivity contribution is -0.121. The average Bonchev–Trinajstić information content (AvgIpc) is 3.14. The van der Waals surface area contributed by atoms with Gasteiger partial charge >= 0.3 is 0 Å². The number of aliphatic hydroxyl groups is 1. The predicted molar refractivity (Wildman–Crippen MR) is 106 cm³/mol. The first kappa shape index (κ1) is 18.0. The van der Waals surface area contributed by atoms with Gasteiger partial charge in [0.1, 0.15) is 5.75 Å². The van der Waals surface area contributed by atoms with Crippen molar-refractivity contribution < 1.29 is 14.6 Å². The molecule has 3 heterocycles. The molecule has 144 valence electrons. The maximum absolute atomic E-state index is 12.2. The molecule has 1 aliphatic heterocycles. The number of pyridine rings is 1. The van der Waals surface area contributed by atoms with Crippen molar-refractivity contribution in [3.63, 3.8) is 0 Å². The molecule has 1 aliphatic rings. The molecule has 2 aromatic heterocycles. The Hall–Kier alpha value is -3.39. The van der Waals surface area contributed by atoms with Gasteiger partial charge in [0.25, 0.3) is 5.91 Å². The number of hydrogen-bond donors (Lipinski definition) is 3. The van der Waals surface area contributed by atoms with Gasteiger partial charge in [-0.2, -0.15) is 0 Å². The van der Waals surface area contributed by atoms with Crippen LogP contribution in [-0.4, -0.2) is 52.8 Å². The van der Waals surface area contributed by atoms with Crippen molar-refractivity contribution in [3.8, 4) is 28.3 Å². The second-order valence-electron chi connectivity index (χ2n) is 6.49. The van der Waals surface area contributed by atoms with Gasteiger partial charge in [-0.15, -0.1) is 0 Å². The topological polar surface area (TPSA) is 103 Å². The van der Waals surface area contributed by atoms with Crippen LogP contribution in [0, 0.1) is 6.92 Å². The minimum Gasteiger partial charge on any atom is -0.482 e. The average molecular weight is 379 g/mol. The lowest BCUT2D eigenvalue weighted by Gasteiger charge is -2.29. The van der Waals surface area contributed by atoms with Gasteiger partial charge in [0.05, 0.1) is 23.7 Å². The number of imidazole rings is 1. The van der Waals surface area contributed by atoms with Crippen molar-refractivity contribution in [3.05, 3.63) is 42.2 Å². The number of aromatic amines is 1. The van der Waals surface area contributed by atoms with E-state index in [0.29, 0.717) is 17.4 Å². The number of amides is 1. The highest BCUT2D eigenvalue weighted by atomic mass is 16.5. The standard InChI is InChI=1S/C20H21N5O3/c1-12-9-14(5-6-22-12)19-18(23-20(21-2)24-19)13-3-4-16-15(10-13)25(7-8-26)17(27)11-28-16/h3-6,9-10,26H,7-8,11H2,1-2H3,(H2,21,23,24). The van der Waals surface area contributed by atoms with Crippen LogP contribution in [0.4, 0.5) is 11.6 Å². The molecule has 0 aliphatic carbocycles. The Morgan fingerprint density at radius 1 is 1.29 bits per heavy atom. The van der Waals surface area contributed by atoms with E-state index in [1.807, 2.05) is 37.3 Å². The number of nitrogens with zero attached hydrogens (tertiary/aromatic N) is 3. The molecular weight excluding hydrogens is 358 g/mol. The number of aryl methyl sites for hydroxylation is 1. The Kier molecular flexibility index (Phi) is 4.70. The number of anilines is 2. The van der Waals surface area contributed by atoms with Gasteiger partial charge in [-0.3, -0.25) is 9.78 Å². The van der Waals surface area contributed by atoms with E-state index in [2.05, 4.69) is 20.3 Å². The van der Waals surface area contributed by atoms with Crippen molar-refractivity contribution in [2.75, 3.05) is 37.0 Å². The third-order valence-electron chi connectivity index (χ3n) is 4.62. The molecule has 0 unspecified atom stereocenters. The van der Waals surface area contributed by atoms with Crippen molar-refractivity contribution in [2.45, 2.75) is 6.92 Å².